The zero-order valence-corrected chi connectivity index (χ0v) is 15.7. The SMILES string of the molecule is O=C(CCCC1CCN(S(=O)(=O)c2cccc(-c3cnco3)c2)CC1)NO. The second-order valence-electron chi connectivity index (χ2n) is 6.67. The van der Waals surface area contributed by atoms with Crippen LogP contribution in [0.4, 0.5) is 0 Å². The van der Waals surface area contributed by atoms with E-state index in [1.807, 2.05) is 0 Å². The van der Waals surface area contributed by atoms with Gasteiger partial charge in [0.15, 0.2) is 12.2 Å². The molecule has 1 aromatic heterocycles. The molecule has 0 aliphatic carbocycles. The van der Waals surface area contributed by atoms with Crippen molar-refractivity contribution in [3.63, 3.8) is 0 Å². The molecule has 0 atom stereocenters. The van der Waals surface area contributed by atoms with Gasteiger partial charge >= 0.3 is 0 Å². The number of sulfonamides is 1. The maximum Gasteiger partial charge on any atom is 0.243 e. The average molecular weight is 393 g/mol. The number of hydroxylamine groups is 1. The summed E-state index contributed by atoms with van der Waals surface area (Å²) in [6.45, 7) is 0.928. The number of amides is 1. The molecule has 146 valence electrons. The highest BCUT2D eigenvalue weighted by Gasteiger charge is 2.29. The molecule has 9 heteroatoms. The van der Waals surface area contributed by atoms with Gasteiger partial charge in [0.05, 0.1) is 11.1 Å². The van der Waals surface area contributed by atoms with E-state index in [1.165, 1.54) is 10.7 Å². The van der Waals surface area contributed by atoms with Crippen molar-refractivity contribution < 1.29 is 22.8 Å². The Morgan fingerprint density at radius 3 is 2.78 bits per heavy atom. The molecule has 0 radical (unpaired) electrons. The lowest BCUT2D eigenvalue weighted by atomic mass is 9.92. The Balaban J connectivity index is 1.60. The minimum Gasteiger partial charge on any atom is -0.444 e. The Hall–Kier alpha value is -2.23. The van der Waals surface area contributed by atoms with Crippen molar-refractivity contribution in [2.24, 2.45) is 5.92 Å². The maximum atomic E-state index is 13.0. The van der Waals surface area contributed by atoms with E-state index in [-0.39, 0.29) is 17.2 Å². The molecule has 2 heterocycles. The molecule has 3 rings (SSSR count). The van der Waals surface area contributed by atoms with Crippen LogP contribution in [0.15, 0.2) is 46.2 Å². The summed E-state index contributed by atoms with van der Waals surface area (Å²) in [6.07, 6.45) is 6.21. The Morgan fingerprint density at radius 2 is 2.11 bits per heavy atom. The summed E-state index contributed by atoms with van der Waals surface area (Å²) in [7, 11) is -3.56. The summed E-state index contributed by atoms with van der Waals surface area (Å²) < 4.78 is 32.7. The Bertz CT molecular complexity index is 859. The van der Waals surface area contributed by atoms with Crippen LogP contribution in [0.5, 0.6) is 0 Å². The largest absolute Gasteiger partial charge is 0.444 e. The second-order valence-corrected chi connectivity index (χ2v) is 8.61. The Morgan fingerprint density at radius 1 is 1.33 bits per heavy atom. The minimum atomic E-state index is -3.56. The molecular formula is C18H23N3O5S. The monoisotopic (exact) mass is 393 g/mol. The molecule has 0 bridgehead atoms. The minimum absolute atomic E-state index is 0.245. The van der Waals surface area contributed by atoms with Gasteiger partial charge in [0.1, 0.15) is 0 Å². The molecule has 0 spiro atoms. The van der Waals surface area contributed by atoms with Crippen LogP contribution in [-0.4, -0.2) is 41.9 Å². The van der Waals surface area contributed by atoms with Crippen molar-refractivity contribution in [2.45, 2.75) is 37.0 Å². The van der Waals surface area contributed by atoms with Gasteiger partial charge in [-0.1, -0.05) is 12.1 Å². The number of carbonyl (C=O) groups is 1. The third kappa shape index (κ3) is 4.74. The normalized spacial score (nSPS) is 16.3. The summed E-state index contributed by atoms with van der Waals surface area (Å²) in [6, 6.07) is 6.68. The number of aromatic nitrogens is 1. The third-order valence-corrected chi connectivity index (χ3v) is 6.80. The highest BCUT2D eigenvalue weighted by molar-refractivity contribution is 7.89. The van der Waals surface area contributed by atoms with E-state index in [0.717, 1.165) is 19.3 Å². The van der Waals surface area contributed by atoms with Crippen LogP contribution in [0.2, 0.25) is 0 Å². The van der Waals surface area contributed by atoms with Crippen LogP contribution in [0, 0.1) is 5.92 Å². The van der Waals surface area contributed by atoms with Gasteiger partial charge in [-0.3, -0.25) is 10.0 Å². The number of rotatable bonds is 7. The standard InChI is InChI=1S/C18H23N3O5S/c22-18(20-23)6-1-3-14-7-9-21(10-8-14)27(24,25)16-5-2-4-15(11-16)17-12-19-13-26-17/h2,4-5,11-14,23H,1,3,6-10H2,(H,20,22). The lowest BCUT2D eigenvalue weighted by Gasteiger charge is -2.31. The van der Waals surface area contributed by atoms with Crippen LogP contribution in [-0.2, 0) is 14.8 Å². The van der Waals surface area contributed by atoms with Crippen molar-refractivity contribution in [3.05, 3.63) is 36.9 Å². The van der Waals surface area contributed by atoms with Gasteiger partial charge in [-0.25, -0.2) is 18.9 Å². The quantitative estimate of drug-likeness (QED) is 0.552. The van der Waals surface area contributed by atoms with Crippen molar-refractivity contribution in [2.75, 3.05) is 13.1 Å². The van der Waals surface area contributed by atoms with Crippen molar-refractivity contribution in [1.29, 1.82) is 0 Å². The fourth-order valence-corrected chi connectivity index (χ4v) is 4.88. The Kier molecular flexibility index (Phi) is 6.25. The number of oxazole rings is 1. The van der Waals surface area contributed by atoms with Crippen LogP contribution in [0.1, 0.15) is 32.1 Å². The molecular weight excluding hydrogens is 370 g/mol. The average Bonchev–Trinajstić information content (AvgIpc) is 3.23. The van der Waals surface area contributed by atoms with Gasteiger partial charge in [0, 0.05) is 25.1 Å². The third-order valence-electron chi connectivity index (χ3n) is 4.90. The van der Waals surface area contributed by atoms with Crippen LogP contribution in [0.3, 0.4) is 0 Å². The first-order chi connectivity index (χ1) is 13.0. The van der Waals surface area contributed by atoms with Gasteiger partial charge in [0.2, 0.25) is 15.9 Å². The van der Waals surface area contributed by atoms with E-state index in [0.29, 0.717) is 36.8 Å². The molecule has 0 saturated carbocycles. The van der Waals surface area contributed by atoms with E-state index in [4.69, 9.17) is 9.62 Å². The molecule has 1 saturated heterocycles. The molecule has 8 nitrogen and oxygen atoms in total. The predicted octanol–water partition coefficient (Wildman–Crippen LogP) is 2.42. The highest BCUT2D eigenvalue weighted by Crippen LogP contribution is 2.28. The van der Waals surface area contributed by atoms with Crippen molar-refractivity contribution in [3.8, 4) is 11.3 Å². The number of nitrogens with zero attached hydrogens (tertiary/aromatic N) is 2. The van der Waals surface area contributed by atoms with Gasteiger partial charge in [-0.15, -0.1) is 0 Å². The van der Waals surface area contributed by atoms with Gasteiger partial charge in [-0.05, 0) is 43.7 Å². The number of hydrogen-bond acceptors (Lipinski definition) is 6. The topological polar surface area (TPSA) is 113 Å². The summed E-state index contributed by atoms with van der Waals surface area (Å²) in [5, 5.41) is 8.50. The zero-order chi connectivity index (χ0) is 19.3. The number of carbonyl (C=O) groups excluding carboxylic acids is 1. The van der Waals surface area contributed by atoms with E-state index in [1.54, 1.807) is 35.9 Å². The van der Waals surface area contributed by atoms with Crippen LogP contribution >= 0.6 is 0 Å². The lowest BCUT2D eigenvalue weighted by molar-refractivity contribution is -0.129. The van der Waals surface area contributed by atoms with Crippen LogP contribution < -0.4 is 5.48 Å². The summed E-state index contributed by atoms with van der Waals surface area (Å²) in [4.78, 5) is 15.2. The number of nitrogens with one attached hydrogen (secondary N) is 1. The first kappa shape index (κ1) is 19.5. The predicted molar refractivity (Wildman–Crippen MR) is 97.2 cm³/mol. The summed E-state index contributed by atoms with van der Waals surface area (Å²) in [5.74, 6) is 0.530. The molecule has 1 aliphatic heterocycles. The van der Waals surface area contributed by atoms with Crippen LogP contribution in [0.25, 0.3) is 11.3 Å². The fraction of sp³-hybridized carbons (Fsp3) is 0.444. The second kappa shape index (κ2) is 8.64. The number of hydrogen-bond donors (Lipinski definition) is 2. The summed E-state index contributed by atoms with van der Waals surface area (Å²) >= 11 is 0. The van der Waals surface area contributed by atoms with Crippen molar-refractivity contribution in [1.82, 2.24) is 14.8 Å². The van der Waals surface area contributed by atoms with E-state index in [9.17, 15) is 13.2 Å². The van der Waals surface area contributed by atoms with Crippen molar-refractivity contribution >= 4 is 15.9 Å². The maximum absolute atomic E-state index is 13.0. The number of benzene rings is 1. The molecule has 1 amide bonds. The van der Waals surface area contributed by atoms with Gasteiger partial charge in [-0.2, -0.15) is 4.31 Å². The molecule has 1 aliphatic rings. The zero-order valence-electron chi connectivity index (χ0n) is 14.9. The molecule has 2 aromatic rings. The van der Waals surface area contributed by atoms with Gasteiger partial charge in [0.25, 0.3) is 0 Å². The summed E-state index contributed by atoms with van der Waals surface area (Å²) in [5.41, 5.74) is 2.30. The fourth-order valence-electron chi connectivity index (χ4n) is 3.36. The number of piperidine rings is 1. The molecule has 1 aromatic carbocycles. The smallest absolute Gasteiger partial charge is 0.243 e. The molecule has 1 fully saturated rings. The first-order valence-corrected chi connectivity index (χ1v) is 10.4. The van der Waals surface area contributed by atoms with E-state index < -0.39 is 10.0 Å². The lowest BCUT2D eigenvalue weighted by Crippen LogP contribution is -2.38. The highest BCUT2D eigenvalue weighted by atomic mass is 32.2. The molecule has 2 N–H and O–H groups in total. The van der Waals surface area contributed by atoms with E-state index >= 15 is 0 Å². The first-order valence-electron chi connectivity index (χ1n) is 8.92. The van der Waals surface area contributed by atoms with E-state index in [2.05, 4.69) is 4.98 Å². The molecule has 0 unspecified atom stereocenters. The molecule has 27 heavy (non-hydrogen) atoms. The Labute approximate surface area is 158 Å². The van der Waals surface area contributed by atoms with Gasteiger partial charge < -0.3 is 4.42 Å².